The smallest absolute Gasteiger partial charge is 0.331 e. The van der Waals surface area contributed by atoms with Crippen molar-refractivity contribution in [1.82, 2.24) is 15.2 Å². The van der Waals surface area contributed by atoms with E-state index in [0.29, 0.717) is 38.8 Å². The Balaban J connectivity index is 1.27. The van der Waals surface area contributed by atoms with Crippen molar-refractivity contribution < 1.29 is 24.2 Å². The molecule has 0 saturated carbocycles. The summed E-state index contributed by atoms with van der Waals surface area (Å²) >= 11 is 1.15. The molecule has 2 aromatic carbocycles. The number of thiophene rings is 1. The molecular weight excluding hydrogens is 518 g/mol. The Hall–Kier alpha value is -4.74. The van der Waals surface area contributed by atoms with Gasteiger partial charge in [0.2, 0.25) is 5.91 Å². The third kappa shape index (κ3) is 4.47. The minimum Gasteiger partial charge on any atom is -0.457 e. The number of anilines is 3. The minimum absolute atomic E-state index is 0.0989. The summed E-state index contributed by atoms with van der Waals surface area (Å²) in [6.45, 7) is 3.72. The second-order valence-electron chi connectivity index (χ2n) is 9.09. The fraction of sp³-hybridized carbons (Fsp3) is 0.143. The van der Waals surface area contributed by atoms with Crippen LogP contribution in [0.15, 0.2) is 79.5 Å². The van der Waals surface area contributed by atoms with E-state index >= 15 is 0 Å². The molecule has 1 fully saturated rings. The Morgan fingerprint density at radius 2 is 1.85 bits per heavy atom. The molecule has 3 N–H and O–H groups in total. The lowest BCUT2D eigenvalue weighted by Crippen LogP contribution is -2.43. The van der Waals surface area contributed by atoms with E-state index in [9.17, 15) is 19.5 Å². The lowest BCUT2D eigenvalue weighted by atomic mass is 10.1. The van der Waals surface area contributed by atoms with E-state index in [-0.39, 0.29) is 23.9 Å². The molecular formula is C28H23N5O5S. The Morgan fingerprint density at radius 3 is 2.59 bits per heavy atom. The third-order valence-corrected chi connectivity index (χ3v) is 7.71. The molecule has 0 aliphatic carbocycles. The maximum Gasteiger partial charge on any atom is 0.331 e. The van der Waals surface area contributed by atoms with Gasteiger partial charge in [0.1, 0.15) is 21.2 Å². The second kappa shape index (κ2) is 9.86. The summed E-state index contributed by atoms with van der Waals surface area (Å²) in [5, 5.41) is 16.7. The average Bonchev–Trinajstić information content (AvgIpc) is 3.50. The molecule has 4 aromatic rings. The van der Waals surface area contributed by atoms with E-state index in [1.165, 1.54) is 15.9 Å². The van der Waals surface area contributed by atoms with Crippen LogP contribution in [0.2, 0.25) is 0 Å². The molecule has 0 unspecified atom stereocenters. The largest absolute Gasteiger partial charge is 0.457 e. The van der Waals surface area contributed by atoms with Crippen LogP contribution in [0.3, 0.4) is 0 Å². The van der Waals surface area contributed by atoms with Crippen LogP contribution in [0.4, 0.5) is 21.9 Å². The molecule has 10 nitrogen and oxygen atoms in total. The summed E-state index contributed by atoms with van der Waals surface area (Å²) in [5.74, 6) is 0.547. The van der Waals surface area contributed by atoms with Crippen LogP contribution in [0.5, 0.6) is 11.5 Å². The summed E-state index contributed by atoms with van der Waals surface area (Å²) in [5.41, 5.74) is 1.58. The zero-order valence-corrected chi connectivity index (χ0v) is 21.4. The third-order valence-electron chi connectivity index (χ3n) is 6.62. The molecule has 0 spiro atoms. The fourth-order valence-electron chi connectivity index (χ4n) is 4.76. The highest BCUT2D eigenvalue weighted by Gasteiger charge is 2.37. The monoisotopic (exact) mass is 541 g/mol. The van der Waals surface area contributed by atoms with Gasteiger partial charge in [0.05, 0.1) is 34.6 Å². The SMILES string of the molecule is C=CC(=O)N1C[C@H](NC(=O)c2sc3nccc4c3c2NC(=O)N4c2ccc(Oc3ccccc3)cc2)[C@@H](O)C1. The zero-order valence-electron chi connectivity index (χ0n) is 20.5. The number of aliphatic hydroxyl groups is 1. The van der Waals surface area contributed by atoms with E-state index in [2.05, 4.69) is 22.2 Å². The number of ether oxygens (including phenoxy) is 1. The molecule has 39 heavy (non-hydrogen) atoms. The molecule has 2 aliphatic heterocycles. The van der Waals surface area contributed by atoms with Crippen LogP contribution in [-0.4, -0.2) is 58.1 Å². The topological polar surface area (TPSA) is 124 Å². The van der Waals surface area contributed by atoms with Crippen molar-refractivity contribution in [2.75, 3.05) is 23.3 Å². The van der Waals surface area contributed by atoms with Gasteiger partial charge in [-0.3, -0.25) is 14.5 Å². The lowest BCUT2D eigenvalue weighted by Gasteiger charge is -2.28. The number of aromatic nitrogens is 1. The zero-order chi connectivity index (χ0) is 27.1. The number of carbonyl (C=O) groups is 3. The maximum atomic E-state index is 13.3. The molecule has 2 aliphatic rings. The molecule has 0 radical (unpaired) electrons. The number of hydrogen-bond donors (Lipinski definition) is 3. The number of para-hydroxylation sites is 1. The van der Waals surface area contributed by atoms with Crippen molar-refractivity contribution in [1.29, 1.82) is 0 Å². The van der Waals surface area contributed by atoms with Gasteiger partial charge in [0, 0.05) is 19.3 Å². The lowest BCUT2D eigenvalue weighted by molar-refractivity contribution is -0.125. The minimum atomic E-state index is -0.920. The fourth-order valence-corrected chi connectivity index (χ4v) is 5.78. The molecule has 4 heterocycles. The first kappa shape index (κ1) is 24.6. The van der Waals surface area contributed by atoms with Gasteiger partial charge >= 0.3 is 6.03 Å². The number of urea groups is 1. The molecule has 11 heteroatoms. The van der Waals surface area contributed by atoms with Gasteiger partial charge in [-0.15, -0.1) is 11.3 Å². The van der Waals surface area contributed by atoms with E-state index in [0.717, 1.165) is 11.3 Å². The molecule has 2 atom stereocenters. The second-order valence-corrected chi connectivity index (χ2v) is 10.1. The number of pyridine rings is 1. The number of nitrogens with zero attached hydrogens (tertiary/aromatic N) is 3. The van der Waals surface area contributed by atoms with Crippen molar-refractivity contribution in [2.45, 2.75) is 12.1 Å². The van der Waals surface area contributed by atoms with Crippen molar-refractivity contribution in [3.63, 3.8) is 0 Å². The van der Waals surface area contributed by atoms with E-state index < -0.39 is 24.1 Å². The van der Waals surface area contributed by atoms with Crippen molar-refractivity contribution in [3.05, 3.63) is 84.4 Å². The number of β-amino-alcohol motifs (C(OH)–C–C–N with tert-alkyl or cyclic N) is 1. The summed E-state index contributed by atoms with van der Waals surface area (Å²) in [4.78, 5) is 46.8. The van der Waals surface area contributed by atoms with E-state index in [1.807, 2.05) is 30.3 Å². The van der Waals surface area contributed by atoms with Crippen molar-refractivity contribution >= 4 is 56.5 Å². The van der Waals surface area contributed by atoms with E-state index in [4.69, 9.17) is 4.74 Å². The Bertz CT molecular complexity index is 1600. The highest BCUT2D eigenvalue weighted by atomic mass is 32.1. The Kier molecular flexibility index (Phi) is 6.21. The van der Waals surface area contributed by atoms with Crippen LogP contribution in [0, 0.1) is 0 Å². The number of benzene rings is 2. The quantitative estimate of drug-likeness (QED) is 0.314. The summed E-state index contributed by atoms with van der Waals surface area (Å²) in [7, 11) is 0. The standard InChI is InChI=1S/C28H23N5O5S/c1-2-22(35)32-14-19(21(34)15-32)30-26(36)25-24-23-20(12-13-29-27(23)39-25)33(28(37)31-24)16-8-10-18(11-9-16)38-17-6-4-3-5-7-17/h2-13,19,21,34H,1,14-15H2,(H,30,36)(H,31,37)/t19-,21-/m0/s1. The van der Waals surface area contributed by atoms with Crippen LogP contribution in [0.1, 0.15) is 9.67 Å². The first-order valence-electron chi connectivity index (χ1n) is 12.2. The highest BCUT2D eigenvalue weighted by molar-refractivity contribution is 7.21. The summed E-state index contributed by atoms with van der Waals surface area (Å²) in [6.07, 6.45) is 1.85. The molecule has 196 valence electrons. The number of carbonyl (C=O) groups excluding carboxylic acids is 3. The molecule has 6 rings (SSSR count). The number of nitrogens with one attached hydrogen (secondary N) is 2. The van der Waals surface area contributed by atoms with Gasteiger partial charge in [0.15, 0.2) is 0 Å². The molecule has 0 bridgehead atoms. The maximum absolute atomic E-state index is 13.3. The van der Waals surface area contributed by atoms with Gasteiger partial charge in [-0.2, -0.15) is 0 Å². The van der Waals surface area contributed by atoms with Gasteiger partial charge in [-0.25, -0.2) is 9.78 Å². The van der Waals surface area contributed by atoms with Gasteiger partial charge < -0.3 is 25.4 Å². The summed E-state index contributed by atoms with van der Waals surface area (Å²) < 4.78 is 5.86. The number of rotatable bonds is 6. The number of hydrogen-bond acceptors (Lipinski definition) is 7. The van der Waals surface area contributed by atoms with Gasteiger partial charge in [0.25, 0.3) is 5.91 Å². The van der Waals surface area contributed by atoms with Crippen LogP contribution >= 0.6 is 11.3 Å². The van der Waals surface area contributed by atoms with Crippen LogP contribution < -0.4 is 20.3 Å². The first-order chi connectivity index (χ1) is 18.9. The van der Waals surface area contributed by atoms with Crippen molar-refractivity contribution in [3.8, 4) is 11.5 Å². The Labute approximate surface area is 227 Å². The predicted molar refractivity (Wildman–Crippen MR) is 148 cm³/mol. The van der Waals surface area contributed by atoms with Crippen LogP contribution in [0.25, 0.3) is 10.2 Å². The van der Waals surface area contributed by atoms with Gasteiger partial charge in [-0.1, -0.05) is 24.8 Å². The highest BCUT2D eigenvalue weighted by Crippen LogP contribution is 2.45. The summed E-state index contributed by atoms with van der Waals surface area (Å²) in [6, 6.07) is 17.2. The molecule has 2 aromatic heterocycles. The molecule has 4 amide bonds. The number of amides is 4. The number of aliphatic hydroxyl groups excluding tert-OH is 1. The van der Waals surface area contributed by atoms with E-state index in [1.54, 1.807) is 36.5 Å². The van der Waals surface area contributed by atoms with Crippen LogP contribution in [-0.2, 0) is 4.79 Å². The predicted octanol–water partition coefficient (Wildman–Crippen LogP) is 4.26. The number of likely N-dealkylation sites (tertiary alicyclic amines) is 1. The van der Waals surface area contributed by atoms with Crippen molar-refractivity contribution in [2.24, 2.45) is 0 Å². The molecule has 1 saturated heterocycles. The first-order valence-corrected chi connectivity index (χ1v) is 13.0. The average molecular weight is 542 g/mol. The Morgan fingerprint density at radius 1 is 1.10 bits per heavy atom. The van der Waals surface area contributed by atoms with Gasteiger partial charge in [-0.05, 0) is 48.5 Å². The normalized spacial score (nSPS) is 18.1.